The first-order valence-electron chi connectivity index (χ1n) is 15.5. The molecule has 0 spiro atoms. The van der Waals surface area contributed by atoms with Crippen molar-refractivity contribution >= 4 is 34.4 Å². The van der Waals surface area contributed by atoms with Crippen molar-refractivity contribution in [3.05, 3.63) is 119 Å². The molecule has 4 aromatic carbocycles. The first kappa shape index (κ1) is 33.8. The maximum Gasteiger partial charge on any atom is 0.251 e. The highest BCUT2D eigenvalue weighted by atomic mass is 16.2. The molecule has 0 radical (unpaired) electrons. The lowest BCUT2D eigenvalue weighted by Crippen LogP contribution is -2.57. The molecule has 4 amide bonds. The molecule has 0 heterocycles. The van der Waals surface area contributed by atoms with Crippen LogP contribution in [0, 0.1) is 0 Å². The summed E-state index contributed by atoms with van der Waals surface area (Å²) < 4.78 is 0. The largest absolute Gasteiger partial charge is 0.368 e. The van der Waals surface area contributed by atoms with Crippen LogP contribution in [0.15, 0.2) is 97.1 Å². The third-order valence-electron chi connectivity index (χ3n) is 7.82. The number of unbranched alkanes of at least 4 members (excludes halogenated alkanes) is 1. The van der Waals surface area contributed by atoms with Gasteiger partial charge in [0.1, 0.15) is 18.1 Å². The van der Waals surface area contributed by atoms with Crippen LogP contribution in [0.2, 0.25) is 0 Å². The van der Waals surface area contributed by atoms with Crippen LogP contribution in [0.4, 0.5) is 0 Å². The Bertz CT molecular complexity index is 1640. The molecule has 46 heavy (non-hydrogen) atoms. The van der Waals surface area contributed by atoms with E-state index in [0.717, 1.165) is 27.5 Å². The predicted molar refractivity (Wildman–Crippen MR) is 179 cm³/mol. The number of carbonyl (C=O) groups excluding carboxylic acids is 4. The van der Waals surface area contributed by atoms with Gasteiger partial charge in [-0.1, -0.05) is 84.9 Å². The minimum absolute atomic E-state index is 0.155. The highest BCUT2D eigenvalue weighted by molar-refractivity contribution is 5.99. The zero-order valence-electron chi connectivity index (χ0n) is 25.8. The molecule has 0 fully saturated rings. The maximum absolute atomic E-state index is 14.0. The Kier molecular flexibility index (Phi) is 12.4. The van der Waals surface area contributed by atoms with Crippen molar-refractivity contribution in [2.75, 3.05) is 6.54 Å². The van der Waals surface area contributed by atoms with Crippen LogP contribution < -0.4 is 33.2 Å². The first-order valence-corrected chi connectivity index (χ1v) is 15.5. The molecule has 10 nitrogen and oxygen atoms in total. The number of fused-ring (bicyclic) bond motifs is 1. The van der Waals surface area contributed by atoms with Gasteiger partial charge in [-0.2, -0.15) is 0 Å². The lowest BCUT2D eigenvalue weighted by Gasteiger charge is -2.25. The van der Waals surface area contributed by atoms with E-state index in [1.807, 2.05) is 78.9 Å². The lowest BCUT2D eigenvalue weighted by atomic mass is 9.99. The SMILES string of the molecule is NCCCC[C@H](NC(=O)[C@@H](Cc1ccccc1)NC(=O)[C@@H](Cc1ccc2ccccc2c1)NC(=O)c1cccc(CN)c1)C(N)=O. The van der Waals surface area contributed by atoms with Crippen LogP contribution in [0.25, 0.3) is 10.8 Å². The van der Waals surface area contributed by atoms with Crippen LogP contribution in [0.1, 0.15) is 46.3 Å². The highest BCUT2D eigenvalue weighted by Gasteiger charge is 2.30. The van der Waals surface area contributed by atoms with Crippen LogP contribution >= 0.6 is 0 Å². The van der Waals surface area contributed by atoms with Gasteiger partial charge in [0.05, 0.1) is 0 Å². The molecule has 0 aliphatic carbocycles. The van der Waals surface area contributed by atoms with Crippen molar-refractivity contribution in [2.24, 2.45) is 17.2 Å². The average molecular weight is 623 g/mol. The summed E-state index contributed by atoms with van der Waals surface area (Å²) in [6.45, 7) is 0.712. The maximum atomic E-state index is 14.0. The summed E-state index contributed by atoms with van der Waals surface area (Å²) in [6, 6.07) is 26.8. The second-order valence-corrected chi connectivity index (χ2v) is 11.3. The third kappa shape index (κ3) is 9.72. The van der Waals surface area contributed by atoms with Gasteiger partial charge in [-0.3, -0.25) is 19.2 Å². The molecule has 0 unspecified atom stereocenters. The Balaban J connectivity index is 1.61. The number of hydrogen-bond donors (Lipinski definition) is 6. The van der Waals surface area contributed by atoms with Crippen molar-refractivity contribution < 1.29 is 19.2 Å². The number of hydrogen-bond acceptors (Lipinski definition) is 6. The summed E-state index contributed by atoms with van der Waals surface area (Å²) in [6.07, 6.45) is 1.93. The fraction of sp³-hybridized carbons (Fsp3) is 0.278. The van der Waals surface area contributed by atoms with Gasteiger partial charge in [0.15, 0.2) is 0 Å². The van der Waals surface area contributed by atoms with E-state index in [1.54, 1.807) is 18.2 Å². The molecular weight excluding hydrogens is 580 g/mol. The molecule has 4 rings (SSSR count). The molecule has 0 saturated carbocycles. The van der Waals surface area contributed by atoms with E-state index in [2.05, 4.69) is 16.0 Å². The Hall–Kier alpha value is -5.06. The second-order valence-electron chi connectivity index (χ2n) is 11.3. The zero-order chi connectivity index (χ0) is 32.9. The van der Waals surface area contributed by atoms with E-state index in [4.69, 9.17) is 17.2 Å². The summed E-state index contributed by atoms with van der Waals surface area (Å²) in [4.78, 5) is 53.2. The second kappa shape index (κ2) is 16.9. The summed E-state index contributed by atoms with van der Waals surface area (Å²) in [7, 11) is 0. The molecule has 0 aliphatic rings. The van der Waals surface area contributed by atoms with E-state index in [9.17, 15) is 19.2 Å². The number of carbonyl (C=O) groups is 4. The predicted octanol–water partition coefficient (Wildman–Crippen LogP) is 2.47. The van der Waals surface area contributed by atoms with Crippen molar-refractivity contribution in [3.8, 4) is 0 Å². The number of nitrogens with one attached hydrogen (secondary N) is 3. The summed E-state index contributed by atoms with van der Waals surface area (Å²) >= 11 is 0. The van der Waals surface area contributed by atoms with Crippen LogP contribution in [-0.2, 0) is 33.8 Å². The minimum atomic E-state index is -1.05. The van der Waals surface area contributed by atoms with E-state index < -0.39 is 41.8 Å². The normalized spacial score (nSPS) is 12.9. The molecule has 4 aromatic rings. The quantitative estimate of drug-likeness (QED) is 0.104. The van der Waals surface area contributed by atoms with Crippen molar-refractivity contribution in [2.45, 2.75) is 56.8 Å². The fourth-order valence-corrected chi connectivity index (χ4v) is 5.27. The van der Waals surface area contributed by atoms with Gasteiger partial charge < -0.3 is 33.2 Å². The molecule has 0 bridgehead atoms. The van der Waals surface area contributed by atoms with Gasteiger partial charge in [0, 0.05) is 24.9 Å². The van der Waals surface area contributed by atoms with E-state index >= 15 is 0 Å². The first-order chi connectivity index (χ1) is 22.3. The molecule has 0 aliphatic heterocycles. The van der Waals surface area contributed by atoms with Crippen molar-refractivity contribution in [3.63, 3.8) is 0 Å². The smallest absolute Gasteiger partial charge is 0.251 e. The minimum Gasteiger partial charge on any atom is -0.368 e. The standard InChI is InChI=1S/C36H42N6O4/c37-18-7-6-15-30(33(39)43)40-35(45)31(21-24-9-2-1-3-10-24)42-36(46)32(41-34(44)29-14-8-11-26(20-29)23-38)22-25-16-17-27-12-4-5-13-28(27)19-25/h1-5,8-14,16-17,19-20,30-32H,6-7,15,18,21-23,37-38H2,(H2,39,43)(H,40,45)(H,41,44)(H,42,46)/t30-,31+,32+/m0/s1. The number of primary amides is 1. The van der Waals surface area contributed by atoms with E-state index in [0.29, 0.717) is 31.4 Å². The average Bonchev–Trinajstić information content (AvgIpc) is 3.07. The number of benzene rings is 4. The molecule has 0 saturated heterocycles. The van der Waals surface area contributed by atoms with Gasteiger partial charge in [0.25, 0.3) is 5.91 Å². The highest BCUT2D eigenvalue weighted by Crippen LogP contribution is 2.17. The third-order valence-corrected chi connectivity index (χ3v) is 7.82. The Morgan fingerprint density at radius 3 is 1.91 bits per heavy atom. The van der Waals surface area contributed by atoms with E-state index in [-0.39, 0.29) is 19.4 Å². The number of nitrogens with two attached hydrogens (primary N) is 3. The number of amides is 4. The van der Waals surface area contributed by atoms with Gasteiger partial charge in [-0.05, 0) is 65.4 Å². The van der Waals surface area contributed by atoms with Crippen molar-refractivity contribution in [1.82, 2.24) is 16.0 Å². The van der Waals surface area contributed by atoms with Crippen LogP contribution in [-0.4, -0.2) is 48.3 Å². The Morgan fingerprint density at radius 1 is 0.587 bits per heavy atom. The monoisotopic (exact) mass is 622 g/mol. The molecule has 3 atom stereocenters. The zero-order valence-corrected chi connectivity index (χ0v) is 25.8. The Labute approximate surface area is 269 Å². The summed E-state index contributed by atoms with van der Waals surface area (Å²) in [5.41, 5.74) is 19.7. The molecular formula is C36H42N6O4. The summed E-state index contributed by atoms with van der Waals surface area (Å²) in [5.74, 6) is -2.23. The van der Waals surface area contributed by atoms with E-state index in [1.165, 1.54) is 0 Å². The van der Waals surface area contributed by atoms with Crippen LogP contribution in [0.3, 0.4) is 0 Å². The lowest BCUT2D eigenvalue weighted by molar-refractivity contribution is -0.132. The molecule has 9 N–H and O–H groups in total. The summed E-state index contributed by atoms with van der Waals surface area (Å²) in [5, 5.41) is 10.5. The van der Waals surface area contributed by atoms with Crippen LogP contribution in [0.5, 0.6) is 0 Å². The topological polar surface area (TPSA) is 182 Å². The van der Waals surface area contributed by atoms with Gasteiger partial charge in [-0.25, -0.2) is 0 Å². The van der Waals surface area contributed by atoms with Gasteiger partial charge in [0.2, 0.25) is 17.7 Å². The molecule has 240 valence electrons. The van der Waals surface area contributed by atoms with Gasteiger partial charge >= 0.3 is 0 Å². The van der Waals surface area contributed by atoms with Crippen molar-refractivity contribution in [1.29, 1.82) is 0 Å². The molecule has 10 heteroatoms. The Morgan fingerprint density at radius 2 is 1.22 bits per heavy atom. The van der Waals surface area contributed by atoms with Gasteiger partial charge in [-0.15, -0.1) is 0 Å². The molecule has 0 aromatic heterocycles. The fourth-order valence-electron chi connectivity index (χ4n) is 5.27. The number of rotatable bonds is 16.